The van der Waals surface area contributed by atoms with E-state index in [-0.39, 0.29) is 6.54 Å². The van der Waals surface area contributed by atoms with Crippen molar-refractivity contribution in [1.82, 2.24) is 24.6 Å². The van der Waals surface area contributed by atoms with Crippen molar-refractivity contribution in [2.75, 3.05) is 11.9 Å². The summed E-state index contributed by atoms with van der Waals surface area (Å²) in [4.78, 5) is 46.8. The number of hydrogen-bond donors (Lipinski definition) is 1. The summed E-state index contributed by atoms with van der Waals surface area (Å²) in [7, 11) is 0. The Hall–Kier alpha value is -4.86. The zero-order valence-electron chi connectivity index (χ0n) is 19.8. The molecule has 1 aliphatic heterocycles. The molecule has 0 bridgehead atoms. The Morgan fingerprint density at radius 1 is 0.944 bits per heavy atom. The van der Waals surface area contributed by atoms with Gasteiger partial charge in [-0.05, 0) is 62.7 Å². The number of nitrogens with one attached hydrogen (secondary N) is 1. The van der Waals surface area contributed by atoms with Gasteiger partial charge in [-0.25, -0.2) is 14.6 Å². The summed E-state index contributed by atoms with van der Waals surface area (Å²) in [5, 5.41) is 7.20. The van der Waals surface area contributed by atoms with E-state index in [2.05, 4.69) is 20.4 Å². The molecule has 2 aromatic heterocycles. The molecule has 4 aromatic rings. The van der Waals surface area contributed by atoms with Crippen LogP contribution in [0.15, 0.2) is 60.9 Å². The van der Waals surface area contributed by atoms with Crippen molar-refractivity contribution in [1.29, 1.82) is 0 Å². The van der Waals surface area contributed by atoms with Crippen LogP contribution in [-0.2, 0) is 4.79 Å². The Kier molecular flexibility index (Phi) is 5.77. The Morgan fingerprint density at radius 2 is 1.61 bits per heavy atom. The second kappa shape index (κ2) is 9.06. The maximum absolute atomic E-state index is 12.5. The van der Waals surface area contributed by atoms with Crippen LogP contribution in [0.5, 0.6) is 11.6 Å². The molecule has 0 atom stereocenters. The monoisotopic (exact) mass is 482 g/mol. The average Bonchev–Trinajstić information content (AvgIpc) is 3.28. The highest BCUT2D eigenvalue weighted by molar-refractivity contribution is 6.22. The average molecular weight is 483 g/mol. The second-order valence-electron chi connectivity index (χ2n) is 8.34. The van der Waals surface area contributed by atoms with Gasteiger partial charge in [0.05, 0.1) is 16.8 Å². The molecule has 0 spiro atoms. The van der Waals surface area contributed by atoms with Crippen LogP contribution in [0, 0.1) is 20.8 Å². The first kappa shape index (κ1) is 22.9. The number of imide groups is 1. The molecule has 1 aliphatic rings. The van der Waals surface area contributed by atoms with Gasteiger partial charge in [0.15, 0.2) is 5.82 Å². The quantitative estimate of drug-likeness (QED) is 0.417. The van der Waals surface area contributed by atoms with Gasteiger partial charge < -0.3 is 10.1 Å². The van der Waals surface area contributed by atoms with Crippen LogP contribution in [0.25, 0.3) is 5.82 Å². The summed E-state index contributed by atoms with van der Waals surface area (Å²) < 4.78 is 7.59. The van der Waals surface area contributed by atoms with Crippen LogP contribution >= 0.6 is 0 Å². The van der Waals surface area contributed by atoms with Gasteiger partial charge in [-0.2, -0.15) is 5.10 Å². The van der Waals surface area contributed by atoms with E-state index in [0.717, 1.165) is 21.9 Å². The number of rotatable bonds is 6. The molecule has 1 N–H and O–H groups in total. The summed E-state index contributed by atoms with van der Waals surface area (Å²) in [5.41, 5.74) is 4.10. The minimum atomic E-state index is -0.487. The van der Waals surface area contributed by atoms with Crippen molar-refractivity contribution in [3.05, 3.63) is 89.0 Å². The Labute approximate surface area is 206 Å². The van der Waals surface area contributed by atoms with Gasteiger partial charge in [0, 0.05) is 17.4 Å². The summed E-state index contributed by atoms with van der Waals surface area (Å²) in [6, 6.07) is 14.9. The van der Waals surface area contributed by atoms with Crippen LogP contribution in [-0.4, -0.2) is 48.9 Å². The molecule has 36 heavy (non-hydrogen) atoms. The van der Waals surface area contributed by atoms with Crippen LogP contribution < -0.4 is 10.1 Å². The van der Waals surface area contributed by atoms with Crippen molar-refractivity contribution in [3.63, 3.8) is 0 Å². The first-order valence-corrected chi connectivity index (χ1v) is 11.2. The number of benzene rings is 2. The minimum Gasteiger partial charge on any atom is -0.439 e. The highest BCUT2D eigenvalue weighted by atomic mass is 16.5. The number of nitrogens with zero attached hydrogens (tertiary/aromatic N) is 5. The molecule has 0 aliphatic carbocycles. The van der Waals surface area contributed by atoms with Crippen LogP contribution in [0.2, 0.25) is 0 Å². The van der Waals surface area contributed by atoms with E-state index < -0.39 is 17.7 Å². The Morgan fingerprint density at radius 3 is 2.22 bits per heavy atom. The minimum absolute atomic E-state index is 0.303. The van der Waals surface area contributed by atoms with Gasteiger partial charge in [-0.1, -0.05) is 12.1 Å². The Bertz CT molecular complexity index is 1470. The lowest BCUT2D eigenvalue weighted by Crippen LogP contribution is -2.37. The zero-order chi connectivity index (χ0) is 25.4. The molecule has 0 radical (unpaired) electrons. The van der Waals surface area contributed by atoms with Crippen molar-refractivity contribution >= 4 is 23.4 Å². The fraction of sp³-hybridized carbons (Fsp3) is 0.154. The van der Waals surface area contributed by atoms with E-state index in [1.807, 2.05) is 20.8 Å². The van der Waals surface area contributed by atoms with E-state index in [0.29, 0.717) is 34.3 Å². The summed E-state index contributed by atoms with van der Waals surface area (Å²) in [6.07, 6.45) is 1.41. The molecule has 0 unspecified atom stereocenters. The number of anilines is 1. The number of carbonyl (C=O) groups excluding carboxylic acids is 3. The van der Waals surface area contributed by atoms with Gasteiger partial charge in [-0.15, -0.1) is 0 Å². The summed E-state index contributed by atoms with van der Waals surface area (Å²) in [6.45, 7) is 5.55. The number of ether oxygens (including phenoxy) is 1. The molecule has 3 amide bonds. The standard InChI is InChI=1S/C26H22N6O4/c1-15-16(2)30-32(17(15)3)22-12-24(28-14-27-22)36-19-10-8-18(9-11-19)29-23(33)13-31-25(34)20-6-4-5-7-21(20)26(31)35/h4-12,14H,13H2,1-3H3,(H,29,33). The normalized spacial score (nSPS) is 12.6. The number of fused-ring (bicyclic) bond motifs is 1. The first-order chi connectivity index (χ1) is 17.3. The number of carbonyl (C=O) groups is 3. The predicted molar refractivity (Wildman–Crippen MR) is 130 cm³/mol. The first-order valence-electron chi connectivity index (χ1n) is 11.2. The van der Waals surface area contributed by atoms with Gasteiger partial charge in [-0.3, -0.25) is 19.3 Å². The number of aromatic nitrogens is 4. The molecule has 0 saturated carbocycles. The van der Waals surface area contributed by atoms with Gasteiger partial charge in [0.2, 0.25) is 11.8 Å². The molecule has 10 nitrogen and oxygen atoms in total. The zero-order valence-corrected chi connectivity index (χ0v) is 19.8. The SMILES string of the molecule is Cc1nn(-c2cc(Oc3ccc(NC(=O)CN4C(=O)c5ccccc5C4=O)cc3)ncn2)c(C)c1C. The summed E-state index contributed by atoms with van der Waals surface area (Å²) >= 11 is 0. The fourth-order valence-electron chi connectivity index (χ4n) is 3.90. The highest BCUT2D eigenvalue weighted by Crippen LogP contribution is 2.25. The molecular formula is C26H22N6O4. The van der Waals surface area contributed by atoms with E-state index in [1.54, 1.807) is 59.3 Å². The fourth-order valence-corrected chi connectivity index (χ4v) is 3.90. The third kappa shape index (κ3) is 4.20. The second-order valence-corrected chi connectivity index (χ2v) is 8.34. The van der Waals surface area contributed by atoms with E-state index in [4.69, 9.17) is 4.74 Å². The number of amides is 3. The number of aryl methyl sites for hydroxylation is 1. The third-order valence-corrected chi connectivity index (χ3v) is 6.04. The van der Waals surface area contributed by atoms with Gasteiger partial charge >= 0.3 is 0 Å². The highest BCUT2D eigenvalue weighted by Gasteiger charge is 2.36. The van der Waals surface area contributed by atoms with E-state index in [9.17, 15) is 14.4 Å². The summed E-state index contributed by atoms with van der Waals surface area (Å²) in [5.74, 6) is -0.0108. The largest absolute Gasteiger partial charge is 0.439 e. The number of hydrogen-bond acceptors (Lipinski definition) is 7. The van der Waals surface area contributed by atoms with Crippen molar-refractivity contribution < 1.29 is 19.1 Å². The Balaban J connectivity index is 1.23. The van der Waals surface area contributed by atoms with Crippen molar-refractivity contribution in [3.8, 4) is 17.4 Å². The smallest absolute Gasteiger partial charge is 0.262 e. The van der Waals surface area contributed by atoms with Crippen molar-refractivity contribution in [2.45, 2.75) is 20.8 Å². The topological polar surface area (TPSA) is 119 Å². The van der Waals surface area contributed by atoms with E-state index >= 15 is 0 Å². The van der Waals surface area contributed by atoms with Crippen molar-refractivity contribution in [2.24, 2.45) is 0 Å². The van der Waals surface area contributed by atoms with Gasteiger partial charge in [0.1, 0.15) is 18.6 Å². The molecular weight excluding hydrogens is 460 g/mol. The lowest BCUT2D eigenvalue weighted by atomic mass is 10.1. The maximum Gasteiger partial charge on any atom is 0.262 e. The van der Waals surface area contributed by atoms with Crippen LogP contribution in [0.1, 0.15) is 37.7 Å². The molecule has 180 valence electrons. The van der Waals surface area contributed by atoms with Crippen LogP contribution in [0.3, 0.4) is 0 Å². The predicted octanol–water partition coefficient (Wildman–Crippen LogP) is 3.61. The molecule has 2 aromatic carbocycles. The van der Waals surface area contributed by atoms with E-state index in [1.165, 1.54) is 6.33 Å². The van der Waals surface area contributed by atoms with Gasteiger partial charge in [0.25, 0.3) is 11.8 Å². The molecule has 0 saturated heterocycles. The van der Waals surface area contributed by atoms with Crippen LogP contribution in [0.4, 0.5) is 5.69 Å². The lowest BCUT2D eigenvalue weighted by molar-refractivity contribution is -0.116. The molecule has 10 heteroatoms. The molecule has 3 heterocycles. The lowest BCUT2D eigenvalue weighted by Gasteiger charge is -2.14. The maximum atomic E-state index is 12.5. The third-order valence-electron chi connectivity index (χ3n) is 6.04. The molecule has 0 fully saturated rings. The molecule has 5 rings (SSSR count).